The summed E-state index contributed by atoms with van der Waals surface area (Å²) in [5.41, 5.74) is 0.173. The normalized spacial score (nSPS) is 11.7. The van der Waals surface area contributed by atoms with Crippen LogP contribution >= 0.6 is 22.9 Å². The number of benzene rings is 1. The van der Waals surface area contributed by atoms with E-state index in [2.05, 4.69) is 15.5 Å². The van der Waals surface area contributed by atoms with E-state index in [0.29, 0.717) is 5.13 Å². The van der Waals surface area contributed by atoms with Crippen molar-refractivity contribution in [2.75, 3.05) is 19.4 Å². The first kappa shape index (κ1) is 18.8. The van der Waals surface area contributed by atoms with Crippen molar-refractivity contribution in [2.24, 2.45) is 0 Å². The topological polar surface area (TPSA) is 92.3 Å². The molecule has 0 atom stereocenters. The minimum atomic E-state index is -3.74. The number of hydrogen-bond acceptors (Lipinski definition) is 6. The molecular formula is C14H17ClN4O3S2. The highest BCUT2D eigenvalue weighted by atomic mass is 35.5. The molecule has 7 nitrogen and oxygen atoms in total. The van der Waals surface area contributed by atoms with Crippen LogP contribution in [0.25, 0.3) is 0 Å². The molecule has 0 saturated heterocycles. The van der Waals surface area contributed by atoms with Crippen molar-refractivity contribution in [3.63, 3.8) is 0 Å². The van der Waals surface area contributed by atoms with E-state index in [1.165, 1.54) is 43.6 Å². The van der Waals surface area contributed by atoms with Crippen molar-refractivity contribution in [2.45, 2.75) is 24.7 Å². The largest absolute Gasteiger partial charge is 0.296 e. The molecule has 24 heavy (non-hydrogen) atoms. The van der Waals surface area contributed by atoms with Gasteiger partial charge in [0.2, 0.25) is 15.2 Å². The highest BCUT2D eigenvalue weighted by Crippen LogP contribution is 2.25. The van der Waals surface area contributed by atoms with Crippen molar-refractivity contribution in [3.05, 3.63) is 33.8 Å². The van der Waals surface area contributed by atoms with Gasteiger partial charge in [0.25, 0.3) is 5.91 Å². The smallest absolute Gasteiger partial charge is 0.257 e. The van der Waals surface area contributed by atoms with Crippen molar-refractivity contribution in [3.8, 4) is 0 Å². The van der Waals surface area contributed by atoms with Gasteiger partial charge < -0.3 is 0 Å². The lowest BCUT2D eigenvalue weighted by Crippen LogP contribution is -2.23. The van der Waals surface area contributed by atoms with Gasteiger partial charge in [-0.05, 0) is 24.6 Å². The van der Waals surface area contributed by atoms with Crippen molar-refractivity contribution < 1.29 is 13.2 Å². The molecule has 0 spiro atoms. The average Bonchev–Trinajstić information content (AvgIpc) is 2.94. The van der Waals surface area contributed by atoms with Gasteiger partial charge in [-0.2, -0.15) is 0 Å². The number of halogens is 1. The molecule has 1 N–H and O–H groups in total. The maximum Gasteiger partial charge on any atom is 0.257 e. The Morgan fingerprint density at radius 3 is 2.67 bits per heavy atom. The second kappa shape index (κ2) is 7.56. The zero-order valence-corrected chi connectivity index (χ0v) is 15.8. The fourth-order valence-corrected chi connectivity index (χ4v) is 4.06. The van der Waals surface area contributed by atoms with Crippen LogP contribution in [0.2, 0.25) is 5.02 Å². The second-order valence-electron chi connectivity index (χ2n) is 5.14. The highest BCUT2D eigenvalue weighted by molar-refractivity contribution is 7.89. The van der Waals surface area contributed by atoms with E-state index in [-0.39, 0.29) is 15.5 Å². The molecule has 0 aliphatic heterocycles. The average molecular weight is 389 g/mol. The minimum Gasteiger partial charge on any atom is -0.296 e. The molecule has 1 heterocycles. The summed E-state index contributed by atoms with van der Waals surface area (Å²) < 4.78 is 25.5. The van der Waals surface area contributed by atoms with Crippen LogP contribution in [0, 0.1) is 0 Å². The third-order valence-corrected chi connectivity index (χ3v) is 6.30. The van der Waals surface area contributed by atoms with E-state index in [0.717, 1.165) is 22.2 Å². The lowest BCUT2D eigenvalue weighted by Gasteiger charge is -2.13. The van der Waals surface area contributed by atoms with Gasteiger partial charge in [0, 0.05) is 26.1 Å². The van der Waals surface area contributed by atoms with E-state index < -0.39 is 15.9 Å². The van der Waals surface area contributed by atoms with Crippen molar-refractivity contribution in [1.29, 1.82) is 0 Å². The fraction of sp³-hybridized carbons (Fsp3) is 0.357. The second-order valence-corrected chi connectivity index (χ2v) is 8.73. The van der Waals surface area contributed by atoms with Crippen molar-refractivity contribution in [1.82, 2.24) is 14.5 Å². The number of nitrogens with one attached hydrogen (secondary N) is 1. The summed E-state index contributed by atoms with van der Waals surface area (Å²) in [6.45, 7) is 2.03. The third kappa shape index (κ3) is 4.10. The molecule has 0 aliphatic carbocycles. The molecule has 1 aromatic carbocycles. The SMILES string of the molecule is CCCc1nnc(NC(=O)c2ccc(Cl)c(S(=O)(=O)N(C)C)c2)s1. The van der Waals surface area contributed by atoms with Gasteiger partial charge in [0.15, 0.2) is 0 Å². The number of aromatic nitrogens is 2. The number of sulfonamides is 1. The Balaban J connectivity index is 2.27. The van der Waals surface area contributed by atoms with Gasteiger partial charge in [-0.1, -0.05) is 29.9 Å². The molecule has 10 heteroatoms. The fourth-order valence-electron chi connectivity index (χ4n) is 1.83. The van der Waals surface area contributed by atoms with Gasteiger partial charge in [0.05, 0.1) is 5.02 Å². The summed E-state index contributed by atoms with van der Waals surface area (Å²) in [6, 6.07) is 4.09. The van der Waals surface area contributed by atoms with E-state index in [1.807, 2.05) is 6.92 Å². The number of amides is 1. The molecular weight excluding hydrogens is 372 g/mol. The summed E-state index contributed by atoms with van der Waals surface area (Å²) >= 11 is 7.26. The molecule has 130 valence electrons. The molecule has 1 amide bonds. The molecule has 0 bridgehead atoms. The maximum absolute atomic E-state index is 12.3. The molecule has 0 saturated carbocycles. The minimum absolute atomic E-state index is 0.0568. The summed E-state index contributed by atoms with van der Waals surface area (Å²) in [6.07, 6.45) is 1.73. The van der Waals surface area contributed by atoms with Gasteiger partial charge in [-0.25, -0.2) is 12.7 Å². The van der Waals surface area contributed by atoms with Crippen LogP contribution in [0.3, 0.4) is 0 Å². The first-order chi connectivity index (χ1) is 11.3. The first-order valence-corrected chi connectivity index (χ1v) is 9.75. The van der Waals surface area contributed by atoms with Crippen LogP contribution in [0.1, 0.15) is 28.7 Å². The number of anilines is 1. The predicted molar refractivity (Wildman–Crippen MR) is 94.2 cm³/mol. The Kier molecular flexibility index (Phi) is 5.92. The molecule has 0 aliphatic rings. The Morgan fingerprint density at radius 1 is 1.33 bits per heavy atom. The highest BCUT2D eigenvalue weighted by Gasteiger charge is 2.22. The number of nitrogens with zero attached hydrogens (tertiary/aromatic N) is 3. The van der Waals surface area contributed by atoms with Gasteiger partial charge in [-0.3, -0.25) is 10.1 Å². The molecule has 1 aromatic heterocycles. The molecule has 0 fully saturated rings. The quantitative estimate of drug-likeness (QED) is 0.821. The van der Waals surface area contributed by atoms with Crippen LogP contribution in [-0.2, 0) is 16.4 Å². The van der Waals surface area contributed by atoms with Crippen LogP contribution in [0.5, 0.6) is 0 Å². The Hall–Kier alpha value is -1.55. The zero-order valence-electron chi connectivity index (χ0n) is 13.4. The summed E-state index contributed by atoms with van der Waals surface area (Å²) in [7, 11) is -0.948. The zero-order chi connectivity index (χ0) is 17.9. The number of aryl methyl sites for hydroxylation is 1. The van der Waals surface area contributed by atoms with Crippen LogP contribution < -0.4 is 5.32 Å². The lowest BCUT2D eigenvalue weighted by atomic mass is 10.2. The van der Waals surface area contributed by atoms with Gasteiger partial charge in [-0.15, -0.1) is 10.2 Å². The maximum atomic E-state index is 12.3. The summed E-state index contributed by atoms with van der Waals surface area (Å²) in [4.78, 5) is 12.2. The van der Waals surface area contributed by atoms with Crippen LogP contribution in [0.4, 0.5) is 5.13 Å². The molecule has 2 rings (SSSR count). The Labute approximate surface area is 149 Å². The van der Waals surface area contributed by atoms with Crippen molar-refractivity contribution >= 4 is 44.0 Å². The Bertz CT molecular complexity index is 849. The standard InChI is InChI=1S/C14H17ClN4O3S2/c1-4-5-12-17-18-14(23-12)16-13(20)9-6-7-10(15)11(8-9)24(21,22)19(2)3/h6-8H,4-5H2,1-3H3,(H,16,18,20). The monoisotopic (exact) mass is 388 g/mol. The van der Waals surface area contributed by atoms with Gasteiger partial charge >= 0.3 is 0 Å². The first-order valence-electron chi connectivity index (χ1n) is 7.11. The predicted octanol–water partition coefficient (Wildman–Crippen LogP) is 2.65. The van der Waals surface area contributed by atoms with Crippen LogP contribution in [-0.4, -0.2) is 42.9 Å². The van der Waals surface area contributed by atoms with E-state index in [1.54, 1.807) is 0 Å². The lowest BCUT2D eigenvalue weighted by molar-refractivity contribution is 0.102. The van der Waals surface area contributed by atoms with E-state index >= 15 is 0 Å². The van der Waals surface area contributed by atoms with E-state index in [9.17, 15) is 13.2 Å². The number of carbonyl (C=O) groups excluding carboxylic acids is 1. The molecule has 0 radical (unpaired) electrons. The number of carbonyl (C=O) groups is 1. The molecule has 2 aromatic rings. The Morgan fingerprint density at radius 2 is 2.04 bits per heavy atom. The number of rotatable bonds is 6. The van der Waals surface area contributed by atoms with E-state index in [4.69, 9.17) is 11.6 Å². The summed E-state index contributed by atoms with van der Waals surface area (Å²) in [5.74, 6) is -0.471. The molecule has 0 unspecified atom stereocenters. The third-order valence-electron chi connectivity index (χ3n) is 3.10. The number of hydrogen-bond donors (Lipinski definition) is 1. The van der Waals surface area contributed by atoms with Gasteiger partial charge in [0.1, 0.15) is 9.90 Å². The summed E-state index contributed by atoms with van der Waals surface area (Å²) in [5, 5.41) is 11.8. The van der Waals surface area contributed by atoms with Crippen LogP contribution in [0.15, 0.2) is 23.1 Å².